The average molecular weight is 471 g/mol. The van der Waals surface area contributed by atoms with Crippen molar-refractivity contribution in [3.63, 3.8) is 0 Å². The van der Waals surface area contributed by atoms with Gasteiger partial charge in [-0.25, -0.2) is 8.42 Å². The average Bonchev–Trinajstić information content (AvgIpc) is 3.15. The fourth-order valence-electron chi connectivity index (χ4n) is 3.73. The summed E-state index contributed by atoms with van der Waals surface area (Å²) in [7, 11) is -3.79. The fraction of sp³-hybridized carbons (Fsp3) is 0.348. The van der Waals surface area contributed by atoms with Crippen LogP contribution in [0.1, 0.15) is 53.7 Å². The summed E-state index contributed by atoms with van der Waals surface area (Å²) < 4.78 is 28.1. The largest absolute Gasteiger partial charge is 0.308 e. The second kappa shape index (κ2) is 8.29. The van der Waals surface area contributed by atoms with Crippen LogP contribution >= 0.6 is 11.3 Å². The van der Waals surface area contributed by atoms with E-state index in [1.54, 1.807) is 24.0 Å². The molecule has 168 valence electrons. The van der Waals surface area contributed by atoms with Gasteiger partial charge in [0.15, 0.2) is 0 Å². The summed E-state index contributed by atoms with van der Waals surface area (Å²) in [5.41, 5.74) is 3.40. The van der Waals surface area contributed by atoms with Crippen molar-refractivity contribution in [3.8, 4) is 0 Å². The Labute approximate surface area is 192 Å². The second-order valence-electron chi connectivity index (χ2n) is 8.91. The summed E-state index contributed by atoms with van der Waals surface area (Å²) in [6, 6.07) is 12.6. The minimum atomic E-state index is -3.79. The van der Waals surface area contributed by atoms with E-state index in [0.717, 1.165) is 17.7 Å². The maximum absolute atomic E-state index is 13.2. The Morgan fingerprint density at radius 1 is 1.09 bits per heavy atom. The molecule has 0 spiro atoms. The molecule has 1 aromatic heterocycles. The number of aromatic nitrogens is 2. The molecule has 0 unspecified atom stereocenters. The monoisotopic (exact) mass is 470 g/mol. The maximum Gasteiger partial charge on any atom is 0.263 e. The number of amides is 1. The molecule has 9 heteroatoms. The number of rotatable bonds is 4. The van der Waals surface area contributed by atoms with Crippen LogP contribution in [0, 0.1) is 6.92 Å². The van der Waals surface area contributed by atoms with Crippen LogP contribution in [0.3, 0.4) is 0 Å². The van der Waals surface area contributed by atoms with Gasteiger partial charge in [0.2, 0.25) is 5.13 Å². The normalized spacial score (nSPS) is 14.2. The van der Waals surface area contributed by atoms with E-state index in [4.69, 9.17) is 0 Å². The number of benzene rings is 2. The van der Waals surface area contributed by atoms with Crippen LogP contribution in [0.15, 0.2) is 47.4 Å². The number of nitrogens with zero attached hydrogens (tertiary/aromatic N) is 3. The lowest BCUT2D eigenvalue weighted by Crippen LogP contribution is -2.35. The van der Waals surface area contributed by atoms with Crippen LogP contribution in [0.2, 0.25) is 0 Å². The van der Waals surface area contributed by atoms with E-state index >= 15 is 0 Å². The first-order valence-electron chi connectivity index (χ1n) is 10.4. The summed E-state index contributed by atoms with van der Waals surface area (Å²) in [5, 5.41) is 8.58. The molecule has 1 amide bonds. The lowest BCUT2D eigenvalue weighted by molar-refractivity contribution is 0.0985. The first-order valence-corrected chi connectivity index (χ1v) is 12.7. The van der Waals surface area contributed by atoms with Crippen molar-refractivity contribution in [2.24, 2.45) is 0 Å². The molecule has 0 fully saturated rings. The fourth-order valence-corrected chi connectivity index (χ4v) is 5.60. The third-order valence-electron chi connectivity index (χ3n) is 5.47. The molecule has 2 heterocycles. The predicted octanol–water partition coefficient (Wildman–Crippen LogP) is 4.54. The van der Waals surface area contributed by atoms with Gasteiger partial charge in [-0.05, 0) is 66.6 Å². The van der Waals surface area contributed by atoms with Crippen molar-refractivity contribution in [2.75, 3.05) is 16.2 Å². The van der Waals surface area contributed by atoms with Gasteiger partial charge < -0.3 is 4.90 Å². The van der Waals surface area contributed by atoms with E-state index in [1.807, 2.05) is 24.3 Å². The molecule has 0 saturated carbocycles. The van der Waals surface area contributed by atoms with E-state index in [9.17, 15) is 13.2 Å². The van der Waals surface area contributed by atoms with Gasteiger partial charge in [0.25, 0.3) is 15.9 Å². The summed E-state index contributed by atoms with van der Waals surface area (Å²) in [6.07, 6.45) is 1.48. The topological polar surface area (TPSA) is 92.3 Å². The highest BCUT2D eigenvalue weighted by Gasteiger charge is 2.26. The predicted molar refractivity (Wildman–Crippen MR) is 127 cm³/mol. The molecule has 4 rings (SSSR count). The molecular weight excluding hydrogens is 444 g/mol. The molecule has 0 atom stereocenters. The van der Waals surface area contributed by atoms with Crippen molar-refractivity contribution in [3.05, 3.63) is 64.2 Å². The molecule has 1 aliphatic heterocycles. The molecular formula is C23H26N4O3S2. The van der Waals surface area contributed by atoms with Gasteiger partial charge in [0, 0.05) is 17.8 Å². The number of anilines is 2. The van der Waals surface area contributed by atoms with Crippen LogP contribution in [-0.4, -0.2) is 31.1 Å². The lowest BCUT2D eigenvalue weighted by Gasteiger charge is -2.30. The van der Waals surface area contributed by atoms with Gasteiger partial charge in [0.05, 0.1) is 4.90 Å². The highest BCUT2D eigenvalue weighted by molar-refractivity contribution is 7.93. The second-order valence-corrected chi connectivity index (χ2v) is 11.8. The zero-order chi connectivity index (χ0) is 23.1. The zero-order valence-electron chi connectivity index (χ0n) is 18.5. The molecule has 3 aromatic rings. The van der Waals surface area contributed by atoms with Crippen LogP contribution in [0.4, 0.5) is 10.8 Å². The van der Waals surface area contributed by atoms with Crippen LogP contribution in [0.5, 0.6) is 0 Å². The van der Waals surface area contributed by atoms with E-state index in [1.165, 1.54) is 23.0 Å². The SMILES string of the molecule is Cc1nnc(NS(=O)(=O)c2ccc3c(c2)CCCN3C(=O)c2ccc(C(C)(C)C)cc2)s1. The Morgan fingerprint density at radius 3 is 2.44 bits per heavy atom. The molecule has 0 aliphatic carbocycles. The number of sulfonamides is 1. The third kappa shape index (κ3) is 4.54. The van der Waals surface area contributed by atoms with Gasteiger partial charge in [-0.2, -0.15) is 0 Å². The number of aryl methyl sites for hydroxylation is 2. The number of carbonyl (C=O) groups excluding carboxylic acids is 1. The van der Waals surface area contributed by atoms with Gasteiger partial charge in [-0.15, -0.1) is 10.2 Å². The quantitative estimate of drug-likeness (QED) is 0.604. The molecule has 32 heavy (non-hydrogen) atoms. The highest BCUT2D eigenvalue weighted by atomic mass is 32.2. The summed E-state index contributed by atoms with van der Waals surface area (Å²) in [5.74, 6) is -0.0792. The maximum atomic E-state index is 13.2. The molecule has 0 bridgehead atoms. The number of hydrogen-bond donors (Lipinski definition) is 1. The van der Waals surface area contributed by atoms with Gasteiger partial charge >= 0.3 is 0 Å². The molecule has 1 aliphatic rings. The first-order chi connectivity index (χ1) is 15.0. The summed E-state index contributed by atoms with van der Waals surface area (Å²) in [4.78, 5) is 15.1. The molecule has 0 radical (unpaired) electrons. The minimum absolute atomic E-state index is 0.0165. The van der Waals surface area contributed by atoms with E-state index in [-0.39, 0.29) is 21.3 Å². The van der Waals surface area contributed by atoms with Crippen LogP contribution in [-0.2, 0) is 21.9 Å². The highest BCUT2D eigenvalue weighted by Crippen LogP contribution is 2.32. The number of nitrogens with one attached hydrogen (secondary N) is 1. The summed E-state index contributed by atoms with van der Waals surface area (Å²) in [6.45, 7) is 8.77. The van der Waals surface area contributed by atoms with E-state index < -0.39 is 10.0 Å². The lowest BCUT2D eigenvalue weighted by atomic mass is 9.86. The Balaban J connectivity index is 1.60. The van der Waals surface area contributed by atoms with Gasteiger partial charge in [0.1, 0.15) is 5.01 Å². The smallest absolute Gasteiger partial charge is 0.263 e. The molecule has 7 nitrogen and oxygen atoms in total. The van der Waals surface area contributed by atoms with Crippen molar-refractivity contribution in [2.45, 2.75) is 50.8 Å². The van der Waals surface area contributed by atoms with Gasteiger partial charge in [-0.1, -0.05) is 44.2 Å². The number of carbonyl (C=O) groups is 1. The Hall–Kier alpha value is -2.78. The first kappa shape index (κ1) is 22.4. The van der Waals surface area contributed by atoms with Crippen molar-refractivity contribution >= 4 is 38.1 Å². The minimum Gasteiger partial charge on any atom is -0.308 e. The van der Waals surface area contributed by atoms with Crippen molar-refractivity contribution < 1.29 is 13.2 Å². The van der Waals surface area contributed by atoms with Crippen LogP contribution < -0.4 is 9.62 Å². The van der Waals surface area contributed by atoms with Gasteiger partial charge in [-0.3, -0.25) is 9.52 Å². The molecule has 0 saturated heterocycles. The van der Waals surface area contributed by atoms with Crippen molar-refractivity contribution in [1.82, 2.24) is 10.2 Å². The van der Waals surface area contributed by atoms with Crippen LogP contribution in [0.25, 0.3) is 0 Å². The summed E-state index contributed by atoms with van der Waals surface area (Å²) >= 11 is 1.18. The van der Waals surface area contributed by atoms with E-state index in [0.29, 0.717) is 23.5 Å². The zero-order valence-corrected chi connectivity index (χ0v) is 20.2. The Bertz CT molecular complexity index is 1260. The Morgan fingerprint density at radius 2 is 1.81 bits per heavy atom. The molecule has 2 aromatic carbocycles. The third-order valence-corrected chi connectivity index (χ3v) is 7.69. The Kier molecular flexibility index (Phi) is 5.81. The number of hydrogen-bond acceptors (Lipinski definition) is 6. The van der Waals surface area contributed by atoms with E-state index in [2.05, 4.69) is 35.7 Å². The molecule has 1 N–H and O–H groups in total. The standard InChI is InChI=1S/C23H26N4O3S2/c1-15-24-25-22(31-15)26-32(29,30)19-11-12-20-17(14-19)6-5-13-27(20)21(28)16-7-9-18(10-8-16)23(2,3)4/h7-12,14H,5-6,13H2,1-4H3,(H,25,26). The van der Waals surface area contributed by atoms with Crippen molar-refractivity contribution in [1.29, 1.82) is 0 Å². The number of fused-ring (bicyclic) bond motifs is 1.